The molecule has 0 aliphatic carbocycles. The second-order valence-electron chi connectivity index (χ2n) is 5.60. The van der Waals surface area contributed by atoms with Gasteiger partial charge in [-0.3, -0.25) is 4.90 Å². The highest BCUT2D eigenvalue weighted by molar-refractivity contribution is 5.76. The molecule has 19 heavy (non-hydrogen) atoms. The highest BCUT2D eigenvalue weighted by Crippen LogP contribution is 2.27. The summed E-state index contributed by atoms with van der Waals surface area (Å²) in [6, 6.07) is 1.35. The van der Waals surface area contributed by atoms with E-state index in [9.17, 15) is 9.18 Å². The Morgan fingerprint density at radius 3 is 2.79 bits per heavy atom. The molecular weight excluding hydrogens is 247 g/mol. The first-order valence-electron chi connectivity index (χ1n) is 6.07. The van der Waals surface area contributed by atoms with Gasteiger partial charge in [0.1, 0.15) is 5.60 Å². The lowest BCUT2D eigenvalue weighted by atomic mass is 9.98. The fourth-order valence-corrected chi connectivity index (χ4v) is 1.95. The van der Waals surface area contributed by atoms with Gasteiger partial charge in [0.2, 0.25) is 5.95 Å². The van der Waals surface area contributed by atoms with Crippen molar-refractivity contribution in [3.63, 3.8) is 0 Å². The van der Waals surface area contributed by atoms with E-state index in [4.69, 9.17) is 4.74 Å². The van der Waals surface area contributed by atoms with Gasteiger partial charge in [-0.1, -0.05) is 6.58 Å². The molecule has 4 nitrogen and oxygen atoms in total. The molecule has 0 bridgehead atoms. The van der Waals surface area contributed by atoms with Crippen molar-refractivity contribution in [3.05, 3.63) is 35.9 Å². The van der Waals surface area contributed by atoms with Gasteiger partial charge in [-0.2, -0.15) is 4.39 Å². The summed E-state index contributed by atoms with van der Waals surface area (Å²) in [4.78, 5) is 17.2. The minimum absolute atomic E-state index is 0.339. The molecule has 1 aliphatic rings. The Hall–Kier alpha value is -1.91. The van der Waals surface area contributed by atoms with Crippen LogP contribution in [0.2, 0.25) is 0 Å². The van der Waals surface area contributed by atoms with E-state index in [1.165, 1.54) is 17.2 Å². The lowest BCUT2D eigenvalue weighted by molar-refractivity contribution is 0.0255. The number of nitrogens with zero attached hydrogens (tertiary/aromatic N) is 2. The van der Waals surface area contributed by atoms with Crippen LogP contribution in [0.15, 0.2) is 18.8 Å². The van der Waals surface area contributed by atoms with E-state index in [1.54, 1.807) is 0 Å². The van der Waals surface area contributed by atoms with Gasteiger partial charge in [-0.15, -0.1) is 0 Å². The molecule has 0 unspecified atom stereocenters. The Morgan fingerprint density at radius 1 is 1.47 bits per heavy atom. The normalized spacial score (nSPS) is 15.2. The SMILES string of the molecule is C=C1CN(C(=O)OC(C)(C)C)Cc2cnc(F)cc21. The molecule has 0 fully saturated rings. The molecule has 1 aromatic rings. The molecule has 1 amide bonds. The fraction of sp³-hybridized carbons (Fsp3) is 0.429. The number of fused-ring (bicyclic) bond motifs is 1. The highest BCUT2D eigenvalue weighted by Gasteiger charge is 2.27. The first-order chi connectivity index (χ1) is 8.76. The molecular formula is C14H17FN2O2. The summed E-state index contributed by atoms with van der Waals surface area (Å²) in [5.41, 5.74) is 1.66. The van der Waals surface area contributed by atoms with Crippen LogP contribution in [0, 0.1) is 5.95 Å². The second-order valence-corrected chi connectivity index (χ2v) is 5.60. The van der Waals surface area contributed by atoms with E-state index in [2.05, 4.69) is 11.6 Å². The van der Waals surface area contributed by atoms with Gasteiger partial charge < -0.3 is 4.74 Å². The van der Waals surface area contributed by atoms with Crippen LogP contribution >= 0.6 is 0 Å². The number of pyridine rings is 1. The average molecular weight is 264 g/mol. The summed E-state index contributed by atoms with van der Waals surface area (Å²) in [5, 5.41) is 0. The summed E-state index contributed by atoms with van der Waals surface area (Å²) in [6.07, 6.45) is 1.04. The van der Waals surface area contributed by atoms with Crippen molar-refractivity contribution in [3.8, 4) is 0 Å². The van der Waals surface area contributed by atoms with Crippen molar-refractivity contribution in [1.82, 2.24) is 9.88 Å². The summed E-state index contributed by atoms with van der Waals surface area (Å²) < 4.78 is 18.4. The predicted octanol–water partition coefficient (Wildman–Crippen LogP) is 2.98. The van der Waals surface area contributed by atoms with Crippen LogP contribution in [0.3, 0.4) is 0 Å². The monoisotopic (exact) mass is 264 g/mol. The summed E-state index contributed by atoms with van der Waals surface area (Å²) in [7, 11) is 0. The number of amides is 1. The topological polar surface area (TPSA) is 42.4 Å². The third kappa shape index (κ3) is 3.10. The number of carbonyl (C=O) groups is 1. The van der Waals surface area contributed by atoms with Gasteiger partial charge in [0.15, 0.2) is 0 Å². The maximum absolute atomic E-state index is 13.1. The smallest absolute Gasteiger partial charge is 0.410 e. The van der Waals surface area contributed by atoms with Crippen LogP contribution in [-0.2, 0) is 11.3 Å². The Labute approximate surface area is 111 Å². The van der Waals surface area contributed by atoms with Crippen LogP contribution in [0.4, 0.5) is 9.18 Å². The zero-order valence-corrected chi connectivity index (χ0v) is 11.4. The molecule has 0 spiro atoms. The Balaban J connectivity index is 2.19. The fourth-order valence-electron chi connectivity index (χ4n) is 1.95. The van der Waals surface area contributed by atoms with Crippen LogP contribution in [0.5, 0.6) is 0 Å². The van der Waals surface area contributed by atoms with Gasteiger partial charge >= 0.3 is 6.09 Å². The Bertz CT molecular complexity index is 535. The minimum atomic E-state index is -0.542. The van der Waals surface area contributed by atoms with Crippen molar-refractivity contribution >= 4 is 11.7 Å². The van der Waals surface area contributed by atoms with E-state index in [0.717, 1.165) is 11.1 Å². The van der Waals surface area contributed by atoms with Crippen molar-refractivity contribution in [2.45, 2.75) is 32.9 Å². The number of ether oxygens (including phenoxy) is 1. The number of carbonyl (C=O) groups excluding carboxylic acids is 1. The van der Waals surface area contributed by atoms with Gasteiger partial charge in [-0.05, 0) is 37.5 Å². The van der Waals surface area contributed by atoms with Gasteiger partial charge in [0.05, 0.1) is 6.54 Å². The van der Waals surface area contributed by atoms with Crippen LogP contribution < -0.4 is 0 Å². The third-order valence-electron chi connectivity index (χ3n) is 2.73. The van der Waals surface area contributed by atoms with Gasteiger partial charge in [0, 0.05) is 18.8 Å². The first-order valence-corrected chi connectivity index (χ1v) is 6.07. The molecule has 1 aromatic heterocycles. The lowest BCUT2D eigenvalue weighted by Crippen LogP contribution is -2.39. The van der Waals surface area contributed by atoms with E-state index in [0.29, 0.717) is 18.7 Å². The number of rotatable bonds is 0. The molecule has 0 N–H and O–H groups in total. The molecule has 1 aliphatic heterocycles. The zero-order chi connectivity index (χ0) is 14.2. The Kier molecular flexibility index (Phi) is 3.30. The molecule has 0 atom stereocenters. The van der Waals surface area contributed by atoms with Crippen molar-refractivity contribution < 1.29 is 13.9 Å². The van der Waals surface area contributed by atoms with E-state index >= 15 is 0 Å². The third-order valence-corrected chi connectivity index (χ3v) is 2.73. The Morgan fingerprint density at radius 2 is 2.16 bits per heavy atom. The molecule has 2 heterocycles. The molecule has 5 heteroatoms. The molecule has 0 saturated heterocycles. The van der Waals surface area contributed by atoms with Gasteiger partial charge in [-0.25, -0.2) is 9.78 Å². The predicted molar refractivity (Wildman–Crippen MR) is 69.9 cm³/mol. The number of halogens is 1. The van der Waals surface area contributed by atoms with E-state index in [1.807, 2.05) is 20.8 Å². The largest absolute Gasteiger partial charge is 0.444 e. The highest BCUT2D eigenvalue weighted by atomic mass is 19.1. The van der Waals surface area contributed by atoms with Crippen LogP contribution in [0.1, 0.15) is 31.9 Å². The average Bonchev–Trinajstić information content (AvgIpc) is 2.27. The van der Waals surface area contributed by atoms with Crippen molar-refractivity contribution in [1.29, 1.82) is 0 Å². The lowest BCUT2D eigenvalue weighted by Gasteiger charge is -2.32. The van der Waals surface area contributed by atoms with Crippen LogP contribution in [-0.4, -0.2) is 28.1 Å². The molecule has 0 radical (unpaired) electrons. The van der Waals surface area contributed by atoms with Gasteiger partial charge in [0.25, 0.3) is 0 Å². The summed E-state index contributed by atoms with van der Waals surface area (Å²) in [5.74, 6) is -0.536. The maximum atomic E-state index is 13.1. The van der Waals surface area contributed by atoms with E-state index < -0.39 is 17.6 Å². The molecule has 0 aromatic carbocycles. The quantitative estimate of drug-likeness (QED) is 0.676. The van der Waals surface area contributed by atoms with Crippen molar-refractivity contribution in [2.24, 2.45) is 0 Å². The van der Waals surface area contributed by atoms with Crippen LogP contribution in [0.25, 0.3) is 5.57 Å². The van der Waals surface area contributed by atoms with Crippen molar-refractivity contribution in [2.75, 3.05) is 6.54 Å². The maximum Gasteiger partial charge on any atom is 0.410 e. The number of hydrogen-bond donors (Lipinski definition) is 0. The molecule has 102 valence electrons. The second kappa shape index (κ2) is 4.64. The zero-order valence-electron chi connectivity index (χ0n) is 11.4. The number of aromatic nitrogens is 1. The molecule has 0 saturated carbocycles. The summed E-state index contributed by atoms with van der Waals surface area (Å²) >= 11 is 0. The summed E-state index contributed by atoms with van der Waals surface area (Å²) in [6.45, 7) is 10.0. The first kappa shape index (κ1) is 13.5. The number of hydrogen-bond acceptors (Lipinski definition) is 3. The standard InChI is InChI=1S/C14H17FN2O2/c1-9-7-17(13(18)19-14(2,3)4)8-10-6-16-12(15)5-11(9)10/h5-6H,1,7-8H2,2-4H3. The molecule has 2 rings (SSSR count). The minimum Gasteiger partial charge on any atom is -0.444 e. The van der Waals surface area contributed by atoms with E-state index in [-0.39, 0.29) is 0 Å².